The van der Waals surface area contributed by atoms with Crippen LogP contribution in [0.3, 0.4) is 0 Å². The molecule has 2 fully saturated rings. The molecule has 1 aromatic heterocycles. The van der Waals surface area contributed by atoms with Crippen molar-refractivity contribution >= 4 is 0 Å². The van der Waals surface area contributed by atoms with E-state index in [-0.39, 0.29) is 0 Å². The number of nitrogens with zero attached hydrogens (tertiary/aromatic N) is 3. The highest BCUT2D eigenvalue weighted by Crippen LogP contribution is 2.30. The first-order valence-electron chi connectivity index (χ1n) is 8.27. The molecule has 2 aliphatic rings. The van der Waals surface area contributed by atoms with Gasteiger partial charge in [0.05, 0.1) is 6.20 Å². The monoisotopic (exact) mass is 276 g/mol. The van der Waals surface area contributed by atoms with Crippen LogP contribution in [0.25, 0.3) is 0 Å². The van der Waals surface area contributed by atoms with Gasteiger partial charge in [-0.15, -0.1) is 0 Å². The summed E-state index contributed by atoms with van der Waals surface area (Å²) in [6.07, 6.45) is 9.71. The molecule has 0 saturated carbocycles. The van der Waals surface area contributed by atoms with Crippen LogP contribution >= 0.6 is 0 Å². The van der Waals surface area contributed by atoms with Crippen LogP contribution in [0.1, 0.15) is 51.1 Å². The van der Waals surface area contributed by atoms with Gasteiger partial charge in [0.25, 0.3) is 0 Å². The lowest BCUT2D eigenvalue weighted by molar-refractivity contribution is 0.126. The van der Waals surface area contributed by atoms with Crippen LogP contribution in [0, 0.1) is 5.92 Å². The molecule has 2 unspecified atom stereocenters. The fourth-order valence-electron chi connectivity index (χ4n) is 3.80. The fraction of sp³-hybridized carbons (Fsp3) is 0.812. The topological polar surface area (TPSA) is 33.1 Å². The summed E-state index contributed by atoms with van der Waals surface area (Å²) in [6.45, 7) is 9.13. The summed E-state index contributed by atoms with van der Waals surface area (Å²) in [7, 11) is 0. The normalized spacial score (nSPS) is 27.0. The molecule has 4 heteroatoms. The van der Waals surface area contributed by atoms with Crippen molar-refractivity contribution in [1.29, 1.82) is 0 Å². The molecule has 3 heterocycles. The zero-order valence-corrected chi connectivity index (χ0v) is 12.9. The van der Waals surface area contributed by atoms with Gasteiger partial charge in [0, 0.05) is 30.4 Å². The van der Waals surface area contributed by atoms with Gasteiger partial charge in [0.15, 0.2) is 0 Å². The van der Waals surface area contributed by atoms with Crippen LogP contribution in [0.4, 0.5) is 0 Å². The number of hydrogen-bond acceptors (Lipinski definition) is 3. The highest BCUT2D eigenvalue weighted by Gasteiger charge is 2.30. The van der Waals surface area contributed by atoms with Crippen molar-refractivity contribution in [1.82, 2.24) is 20.0 Å². The van der Waals surface area contributed by atoms with Crippen molar-refractivity contribution in [2.75, 3.05) is 19.6 Å². The van der Waals surface area contributed by atoms with Crippen LogP contribution in [0.5, 0.6) is 0 Å². The van der Waals surface area contributed by atoms with Crippen LogP contribution in [-0.2, 0) is 6.54 Å². The van der Waals surface area contributed by atoms with Gasteiger partial charge in [-0.2, -0.15) is 5.10 Å². The second-order valence-corrected chi connectivity index (χ2v) is 6.38. The van der Waals surface area contributed by atoms with E-state index in [1.54, 1.807) is 0 Å². The van der Waals surface area contributed by atoms with Crippen LogP contribution in [0.15, 0.2) is 12.4 Å². The van der Waals surface area contributed by atoms with Gasteiger partial charge < -0.3 is 5.32 Å². The van der Waals surface area contributed by atoms with Crippen molar-refractivity contribution in [2.45, 2.75) is 58.2 Å². The summed E-state index contributed by atoms with van der Waals surface area (Å²) in [5, 5.41) is 8.09. The second-order valence-electron chi connectivity index (χ2n) is 6.38. The summed E-state index contributed by atoms with van der Waals surface area (Å²) in [6, 6.07) is 1.31. The average Bonchev–Trinajstić information content (AvgIpc) is 3.18. The summed E-state index contributed by atoms with van der Waals surface area (Å²) >= 11 is 0. The Balaban J connectivity index is 1.54. The Morgan fingerprint density at radius 1 is 1.35 bits per heavy atom. The zero-order chi connectivity index (χ0) is 13.9. The summed E-state index contributed by atoms with van der Waals surface area (Å²) in [5.74, 6) is 0.902. The number of rotatable bonds is 4. The van der Waals surface area contributed by atoms with Crippen molar-refractivity contribution in [3.63, 3.8) is 0 Å². The molecule has 2 saturated heterocycles. The van der Waals surface area contributed by atoms with E-state index in [4.69, 9.17) is 0 Å². The molecule has 2 aliphatic heterocycles. The second kappa shape index (κ2) is 6.27. The average molecular weight is 276 g/mol. The van der Waals surface area contributed by atoms with E-state index >= 15 is 0 Å². The van der Waals surface area contributed by atoms with Crippen molar-refractivity contribution in [3.8, 4) is 0 Å². The lowest BCUT2D eigenvalue weighted by Crippen LogP contribution is -2.41. The van der Waals surface area contributed by atoms with Crippen molar-refractivity contribution in [3.05, 3.63) is 18.0 Å². The van der Waals surface area contributed by atoms with E-state index in [1.165, 1.54) is 50.9 Å². The van der Waals surface area contributed by atoms with Gasteiger partial charge in [0.1, 0.15) is 0 Å². The predicted molar refractivity (Wildman–Crippen MR) is 81.6 cm³/mol. The third-order valence-corrected chi connectivity index (χ3v) is 5.25. The maximum atomic E-state index is 4.41. The number of hydrogen-bond donors (Lipinski definition) is 1. The molecule has 0 amide bonds. The largest absolute Gasteiger partial charge is 0.314 e. The highest BCUT2D eigenvalue weighted by molar-refractivity contribution is 5.10. The summed E-state index contributed by atoms with van der Waals surface area (Å²) < 4.78 is 2.03. The Kier molecular flexibility index (Phi) is 4.41. The summed E-state index contributed by atoms with van der Waals surface area (Å²) in [5.41, 5.74) is 1.37. The van der Waals surface area contributed by atoms with Gasteiger partial charge in [0.2, 0.25) is 0 Å². The number of nitrogens with one attached hydrogen (secondary N) is 1. The molecule has 0 spiro atoms. The minimum absolute atomic E-state index is 0.507. The number of piperidine rings is 1. The van der Waals surface area contributed by atoms with Crippen LogP contribution in [-0.4, -0.2) is 40.4 Å². The Morgan fingerprint density at radius 2 is 2.15 bits per heavy atom. The van der Waals surface area contributed by atoms with E-state index in [9.17, 15) is 0 Å². The first-order valence-corrected chi connectivity index (χ1v) is 8.27. The van der Waals surface area contributed by atoms with Crippen LogP contribution < -0.4 is 5.32 Å². The molecular formula is C16H28N4. The first kappa shape index (κ1) is 14.1. The smallest absolute Gasteiger partial charge is 0.0537 e. The molecule has 3 rings (SSSR count). The minimum Gasteiger partial charge on any atom is -0.314 e. The zero-order valence-electron chi connectivity index (χ0n) is 12.9. The predicted octanol–water partition coefficient (Wildman–Crippen LogP) is 2.43. The quantitative estimate of drug-likeness (QED) is 0.917. The minimum atomic E-state index is 0.507. The number of likely N-dealkylation sites (tertiary alicyclic amines) is 1. The van der Waals surface area contributed by atoms with Gasteiger partial charge in [-0.1, -0.05) is 0 Å². The van der Waals surface area contributed by atoms with Gasteiger partial charge in [-0.3, -0.25) is 9.58 Å². The van der Waals surface area contributed by atoms with E-state index in [2.05, 4.69) is 35.4 Å². The molecule has 4 nitrogen and oxygen atoms in total. The lowest BCUT2D eigenvalue weighted by atomic mass is 9.88. The molecule has 112 valence electrons. The van der Waals surface area contributed by atoms with E-state index in [0.717, 1.165) is 18.5 Å². The molecular weight excluding hydrogens is 248 g/mol. The fourth-order valence-corrected chi connectivity index (χ4v) is 3.80. The SMILES string of the molecule is CCn1cc(C(C)N2CCC(C3CCCN3)CC2)cn1. The molecule has 0 aliphatic carbocycles. The number of aromatic nitrogens is 2. The molecule has 1 N–H and O–H groups in total. The Hall–Kier alpha value is -0.870. The lowest BCUT2D eigenvalue weighted by Gasteiger charge is -2.37. The van der Waals surface area contributed by atoms with E-state index in [0.29, 0.717) is 6.04 Å². The highest BCUT2D eigenvalue weighted by atomic mass is 15.3. The third-order valence-electron chi connectivity index (χ3n) is 5.25. The Labute approximate surface area is 122 Å². The molecule has 0 bridgehead atoms. The van der Waals surface area contributed by atoms with Gasteiger partial charge >= 0.3 is 0 Å². The first-order chi connectivity index (χ1) is 9.78. The molecule has 0 radical (unpaired) electrons. The van der Waals surface area contributed by atoms with Gasteiger partial charge in [-0.25, -0.2) is 0 Å². The van der Waals surface area contributed by atoms with Gasteiger partial charge in [-0.05, 0) is 65.1 Å². The molecule has 0 aromatic carbocycles. The van der Waals surface area contributed by atoms with Crippen molar-refractivity contribution in [2.24, 2.45) is 5.92 Å². The Morgan fingerprint density at radius 3 is 2.75 bits per heavy atom. The molecule has 2 atom stereocenters. The standard InChI is InChI=1S/C16H28N4/c1-3-20-12-15(11-18-20)13(2)19-9-6-14(7-10-19)16-5-4-8-17-16/h11-14,16-17H,3-10H2,1-2H3. The van der Waals surface area contributed by atoms with E-state index in [1.807, 2.05) is 10.9 Å². The number of aryl methyl sites for hydroxylation is 1. The molecule has 1 aromatic rings. The maximum Gasteiger partial charge on any atom is 0.0537 e. The Bertz CT molecular complexity index is 414. The van der Waals surface area contributed by atoms with E-state index < -0.39 is 0 Å². The van der Waals surface area contributed by atoms with Crippen LogP contribution in [0.2, 0.25) is 0 Å². The molecule has 20 heavy (non-hydrogen) atoms. The van der Waals surface area contributed by atoms with Crippen molar-refractivity contribution < 1.29 is 0 Å². The summed E-state index contributed by atoms with van der Waals surface area (Å²) in [4.78, 5) is 2.63. The maximum absolute atomic E-state index is 4.41. The third kappa shape index (κ3) is 2.91.